The van der Waals surface area contributed by atoms with Crippen molar-refractivity contribution in [3.8, 4) is 5.75 Å². The van der Waals surface area contributed by atoms with Crippen LogP contribution in [-0.4, -0.2) is 24.3 Å². The van der Waals surface area contributed by atoms with Crippen molar-refractivity contribution >= 4 is 28.1 Å². The third-order valence-electron chi connectivity index (χ3n) is 4.44. The van der Waals surface area contributed by atoms with Crippen molar-refractivity contribution in [1.82, 2.24) is 5.43 Å². The van der Waals surface area contributed by atoms with Crippen molar-refractivity contribution < 1.29 is 9.53 Å². The lowest BCUT2D eigenvalue weighted by Crippen LogP contribution is -2.35. The molecule has 0 bridgehead atoms. The van der Waals surface area contributed by atoms with E-state index in [1.54, 1.807) is 6.92 Å². The number of benzene rings is 3. The van der Waals surface area contributed by atoms with Crippen molar-refractivity contribution in [1.29, 1.82) is 0 Å². The topological polar surface area (TPSA) is 62.7 Å². The molecular formula is C23H25N3O2. The first-order valence-corrected chi connectivity index (χ1v) is 9.39. The van der Waals surface area contributed by atoms with Crippen molar-refractivity contribution in [2.45, 2.75) is 26.8 Å². The Morgan fingerprint density at radius 3 is 2.46 bits per heavy atom. The summed E-state index contributed by atoms with van der Waals surface area (Å²) in [4.78, 5) is 12.4. The standard InChI is InChI=1S/C23H25N3O2/c1-4-28-22-13-11-21(12-14-22)24-17(3)23(27)26-25-16(2)19-10-9-18-7-5-6-8-20(18)15-19/h5-15,17,24H,4H2,1-3H3,(H,26,27). The number of anilines is 1. The average Bonchev–Trinajstić information content (AvgIpc) is 2.73. The Labute approximate surface area is 165 Å². The molecule has 1 atom stereocenters. The van der Waals surface area contributed by atoms with Crippen LogP contribution in [-0.2, 0) is 4.79 Å². The lowest BCUT2D eigenvalue weighted by Gasteiger charge is -2.14. The molecule has 2 N–H and O–H groups in total. The fourth-order valence-electron chi connectivity index (χ4n) is 2.84. The molecule has 0 fully saturated rings. The minimum absolute atomic E-state index is 0.200. The first kappa shape index (κ1) is 19.4. The van der Waals surface area contributed by atoms with Gasteiger partial charge in [-0.2, -0.15) is 5.10 Å². The van der Waals surface area contributed by atoms with E-state index in [0.717, 1.165) is 28.1 Å². The van der Waals surface area contributed by atoms with E-state index >= 15 is 0 Å². The van der Waals surface area contributed by atoms with Gasteiger partial charge in [0.25, 0.3) is 5.91 Å². The van der Waals surface area contributed by atoms with Gasteiger partial charge in [0, 0.05) is 5.69 Å². The summed E-state index contributed by atoms with van der Waals surface area (Å²) in [6.45, 7) is 6.25. The fraction of sp³-hybridized carbons (Fsp3) is 0.217. The van der Waals surface area contributed by atoms with E-state index in [0.29, 0.717) is 6.61 Å². The molecule has 0 aliphatic carbocycles. The molecule has 0 saturated carbocycles. The van der Waals surface area contributed by atoms with Gasteiger partial charge < -0.3 is 10.1 Å². The van der Waals surface area contributed by atoms with E-state index in [9.17, 15) is 4.79 Å². The molecule has 0 heterocycles. The lowest BCUT2D eigenvalue weighted by molar-refractivity contribution is -0.121. The highest BCUT2D eigenvalue weighted by molar-refractivity contribution is 6.02. The third-order valence-corrected chi connectivity index (χ3v) is 4.44. The van der Waals surface area contributed by atoms with E-state index in [4.69, 9.17) is 4.74 Å². The summed E-state index contributed by atoms with van der Waals surface area (Å²) in [5.74, 6) is 0.606. The van der Waals surface area contributed by atoms with Crippen LogP contribution >= 0.6 is 0 Å². The minimum atomic E-state index is -0.425. The highest BCUT2D eigenvalue weighted by Gasteiger charge is 2.12. The molecule has 5 nitrogen and oxygen atoms in total. The predicted molar refractivity (Wildman–Crippen MR) is 115 cm³/mol. The minimum Gasteiger partial charge on any atom is -0.494 e. The van der Waals surface area contributed by atoms with Crippen LogP contribution < -0.4 is 15.5 Å². The number of rotatable bonds is 7. The largest absolute Gasteiger partial charge is 0.494 e. The van der Waals surface area contributed by atoms with Gasteiger partial charge in [-0.05, 0) is 67.4 Å². The molecule has 3 rings (SSSR count). The second kappa shape index (κ2) is 9.04. The first-order chi connectivity index (χ1) is 13.6. The van der Waals surface area contributed by atoms with Gasteiger partial charge in [0.05, 0.1) is 12.3 Å². The number of hydrogen-bond acceptors (Lipinski definition) is 4. The maximum Gasteiger partial charge on any atom is 0.262 e. The summed E-state index contributed by atoms with van der Waals surface area (Å²) >= 11 is 0. The van der Waals surface area contributed by atoms with Crippen LogP contribution in [0.1, 0.15) is 26.3 Å². The van der Waals surface area contributed by atoms with Gasteiger partial charge in [0.2, 0.25) is 0 Å². The molecule has 0 spiro atoms. The summed E-state index contributed by atoms with van der Waals surface area (Å²) < 4.78 is 5.42. The van der Waals surface area contributed by atoms with Gasteiger partial charge in [-0.1, -0.05) is 36.4 Å². The van der Waals surface area contributed by atoms with Crippen molar-refractivity contribution in [2.24, 2.45) is 5.10 Å². The van der Waals surface area contributed by atoms with Crippen LogP contribution in [0.2, 0.25) is 0 Å². The molecule has 0 aliphatic heterocycles. The van der Waals surface area contributed by atoms with Crippen LogP contribution in [0.25, 0.3) is 10.8 Å². The number of hydrazone groups is 1. The number of nitrogens with one attached hydrogen (secondary N) is 2. The molecule has 28 heavy (non-hydrogen) atoms. The van der Waals surface area contributed by atoms with E-state index in [1.807, 2.05) is 56.3 Å². The average molecular weight is 375 g/mol. The molecule has 144 valence electrons. The van der Waals surface area contributed by atoms with E-state index in [2.05, 4.69) is 40.1 Å². The Kier molecular flexibility index (Phi) is 6.27. The fourth-order valence-corrected chi connectivity index (χ4v) is 2.84. The number of carbonyl (C=O) groups is 1. The van der Waals surface area contributed by atoms with Crippen molar-refractivity contribution in [2.75, 3.05) is 11.9 Å². The lowest BCUT2D eigenvalue weighted by atomic mass is 10.0. The summed E-state index contributed by atoms with van der Waals surface area (Å²) in [5.41, 5.74) is 5.23. The van der Waals surface area contributed by atoms with Crippen molar-refractivity contribution in [3.05, 3.63) is 72.3 Å². The normalized spacial score (nSPS) is 12.5. The predicted octanol–water partition coefficient (Wildman–Crippen LogP) is 4.58. The van der Waals surface area contributed by atoms with Gasteiger partial charge in [-0.25, -0.2) is 5.43 Å². The second-order valence-corrected chi connectivity index (χ2v) is 6.56. The molecule has 3 aromatic rings. The van der Waals surface area contributed by atoms with Gasteiger partial charge in [0.1, 0.15) is 11.8 Å². The third kappa shape index (κ3) is 4.88. The zero-order valence-corrected chi connectivity index (χ0v) is 16.4. The van der Waals surface area contributed by atoms with Gasteiger partial charge in [0.15, 0.2) is 0 Å². The maximum absolute atomic E-state index is 12.4. The van der Waals surface area contributed by atoms with Crippen LogP contribution in [0, 0.1) is 0 Å². The molecule has 5 heteroatoms. The molecular weight excluding hydrogens is 350 g/mol. The Morgan fingerprint density at radius 2 is 1.75 bits per heavy atom. The molecule has 3 aromatic carbocycles. The summed E-state index contributed by atoms with van der Waals surface area (Å²) in [6, 6.07) is 21.4. The first-order valence-electron chi connectivity index (χ1n) is 9.39. The molecule has 0 radical (unpaired) electrons. The van der Waals surface area contributed by atoms with E-state index < -0.39 is 6.04 Å². The number of fused-ring (bicyclic) bond motifs is 1. The number of hydrogen-bond donors (Lipinski definition) is 2. The van der Waals surface area contributed by atoms with Crippen molar-refractivity contribution in [3.63, 3.8) is 0 Å². The van der Waals surface area contributed by atoms with E-state index in [1.165, 1.54) is 5.39 Å². The Bertz CT molecular complexity index is 981. The summed E-state index contributed by atoms with van der Waals surface area (Å²) in [5, 5.41) is 9.74. The van der Waals surface area contributed by atoms with Crippen LogP contribution in [0.4, 0.5) is 5.69 Å². The SMILES string of the molecule is CCOc1ccc(NC(C)C(=O)NN=C(C)c2ccc3ccccc3c2)cc1. The van der Waals surface area contributed by atoms with Crippen LogP contribution in [0.5, 0.6) is 5.75 Å². The molecule has 0 saturated heterocycles. The number of ether oxygens (including phenoxy) is 1. The zero-order chi connectivity index (χ0) is 19.9. The van der Waals surface area contributed by atoms with Gasteiger partial charge >= 0.3 is 0 Å². The highest BCUT2D eigenvalue weighted by atomic mass is 16.5. The Morgan fingerprint density at radius 1 is 1.04 bits per heavy atom. The molecule has 0 aromatic heterocycles. The smallest absolute Gasteiger partial charge is 0.262 e. The van der Waals surface area contributed by atoms with Gasteiger partial charge in [-0.15, -0.1) is 0 Å². The van der Waals surface area contributed by atoms with Crippen LogP contribution in [0.15, 0.2) is 71.8 Å². The molecule has 1 unspecified atom stereocenters. The van der Waals surface area contributed by atoms with Gasteiger partial charge in [-0.3, -0.25) is 4.79 Å². The highest BCUT2D eigenvalue weighted by Crippen LogP contribution is 2.17. The van der Waals surface area contributed by atoms with E-state index in [-0.39, 0.29) is 5.91 Å². The number of amides is 1. The maximum atomic E-state index is 12.4. The monoisotopic (exact) mass is 375 g/mol. The molecule has 1 amide bonds. The summed E-state index contributed by atoms with van der Waals surface area (Å²) in [6.07, 6.45) is 0. The summed E-state index contributed by atoms with van der Waals surface area (Å²) in [7, 11) is 0. The number of carbonyl (C=O) groups excluding carboxylic acids is 1. The Balaban J connectivity index is 1.60. The zero-order valence-electron chi connectivity index (χ0n) is 16.4. The Hall–Kier alpha value is -3.34. The number of nitrogens with zero attached hydrogens (tertiary/aromatic N) is 1. The quantitative estimate of drug-likeness (QED) is 0.469. The van der Waals surface area contributed by atoms with Crippen LogP contribution in [0.3, 0.4) is 0 Å². The molecule has 0 aliphatic rings. The second-order valence-electron chi connectivity index (χ2n) is 6.56.